The number of alkyl halides is 6. The molecule has 22 heavy (non-hydrogen) atoms. The predicted molar refractivity (Wildman–Crippen MR) is 64.3 cm³/mol. The third kappa shape index (κ3) is 2.51. The van der Waals surface area contributed by atoms with Crippen molar-refractivity contribution in [3.63, 3.8) is 0 Å². The lowest BCUT2D eigenvalue weighted by Crippen LogP contribution is -2.49. The molecule has 9 heteroatoms. The van der Waals surface area contributed by atoms with Gasteiger partial charge in [-0.05, 0) is 24.3 Å². The van der Waals surface area contributed by atoms with Crippen LogP contribution in [0.1, 0.15) is 6.92 Å². The molecule has 0 radical (unpaired) electrons. The summed E-state index contributed by atoms with van der Waals surface area (Å²) >= 11 is 0. The van der Waals surface area contributed by atoms with Gasteiger partial charge < -0.3 is 10.1 Å². The maximum Gasteiger partial charge on any atom is 0.383 e. The lowest BCUT2D eigenvalue weighted by Gasteiger charge is -2.24. The summed E-state index contributed by atoms with van der Waals surface area (Å²) in [5.41, 5.74) is 0.294. The molecule has 0 unspecified atom stereocenters. The highest BCUT2D eigenvalue weighted by molar-refractivity contribution is 5.88. The summed E-state index contributed by atoms with van der Waals surface area (Å²) < 4.78 is 83.0. The third-order valence-corrected chi connectivity index (χ3v) is 2.84. The number of allylic oxidation sites excluding steroid dienone is 2. The van der Waals surface area contributed by atoms with Crippen LogP contribution in [0.15, 0.2) is 36.1 Å². The fourth-order valence-electron chi connectivity index (χ4n) is 1.74. The van der Waals surface area contributed by atoms with Crippen LogP contribution in [0, 0.1) is 0 Å². The number of hydrogen-bond acceptors (Lipinski definition) is 2. The summed E-state index contributed by atoms with van der Waals surface area (Å²) in [5.74, 6) is -18.3. The number of anilines is 1. The molecule has 120 valence electrons. The molecule has 0 saturated heterocycles. The predicted octanol–water partition coefficient (Wildman–Crippen LogP) is 3.83. The maximum absolute atomic E-state index is 13.3. The molecule has 0 heterocycles. The van der Waals surface area contributed by atoms with Crippen LogP contribution in [0.5, 0.6) is 5.75 Å². The molecule has 3 nitrogen and oxygen atoms in total. The minimum atomic E-state index is -5.56. The van der Waals surface area contributed by atoms with Gasteiger partial charge in [0.1, 0.15) is 5.75 Å². The normalized spacial score (nSPS) is 21.1. The number of carbonyl (C=O) groups excluding carboxylic acids is 1. The number of benzene rings is 1. The van der Waals surface area contributed by atoms with Crippen molar-refractivity contribution in [3.05, 3.63) is 36.1 Å². The van der Waals surface area contributed by atoms with Crippen molar-refractivity contribution in [2.75, 3.05) is 5.32 Å². The molecule has 1 aromatic carbocycles. The number of halogens is 6. The molecule has 0 saturated carbocycles. The largest absolute Gasteiger partial charge is 0.455 e. The van der Waals surface area contributed by atoms with Gasteiger partial charge in [-0.1, -0.05) is 0 Å². The molecule has 2 rings (SSSR count). The van der Waals surface area contributed by atoms with Gasteiger partial charge in [-0.2, -0.15) is 26.3 Å². The summed E-state index contributed by atoms with van der Waals surface area (Å²) in [7, 11) is 0. The second-order valence-corrected chi connectivity index (χ2v) is 4.59. The molecule has 1 N–H and O–H groups in total. The Labute approximate surface area is 120 Å². The van der Waals surface area contributed by atoms with Gasteiger partial charge in [0, 0.05) is 18.7 Å². The monoisotopic (exact) mass is 325 g/mol. The summed E-state index contributed by atoms with van der Waals surface area (Å²) in [4.78, 5) is 10.8. The number of rotatable bonds is 3. The maximum atomic E-state index is 13.3. The van der Waals surface area contributed by atoms with Crippen molar-refractivity contribution in [1.82, 2.24) is 0 Å². The van der Waals surface area contributed by atoms with Gasteiger partial charge in [0.05, 0.1) is 0 Å². The van der Waals surface area contributed by atoms with Crippen molar-refractivity contribution < 1.29 is 35.9 Å². The van der Waals surface area contributed by atoms with E-state index in [2.05, 4.69) is 10.1 Å². The van der Waals surface area contributed by atoms with E-state index in [4.69, 9.17) is 0 Å². The van der Waals surface area contributed by atoms with Gasteiger partial charge in [0.15, 0.2) is 5.76 Å². The topological polar surface area (TPSA) is 38.3 Å². The number of amides is 1. The van der Waals surface area contributed by atoms with E-state index in [0.29, 0.717) is 5.69 Å². The number of hydrogen-bond donors (Lipinski definition) is 1. The van der Waals surface area contributed by atoms with E-state index >= 15 is 0 Å². The lowest BCUT2D eigenvalue weighted by molar-refractivity contribution is -0.267. The Bertz CT molecular complexity index is 624. The Morgan fingerprint density at radius 2 is 1.59 bits per heavy atom. The van der Waals surface area contributed by atoms with Crippen LogP contribution in [0.4, 0.5) is 32.0 Å². The van der Waals surface area contributed by atoms with Crippen LogP contribution in [-0.4, -0.2) is 23.7 Å². The Kier molecular flexibility index (Phi) is 3.62. The Balaban J connectivity index is 2.22. The van der Waals surface area contributed by atoms with Crippen LogP contribution in [0.3, 0.4) is 0 Å². The molecule has 0 fully saturated rings. The highest BCUT2D eigenvalue weighted by Crippen LogP contribution is 2.55. The zero-order valence-electron chi connectivity index (χ0n) is 11.0. The number of ether oxygens (including phenoxy) is 1. The van der Waals surface area contributed by atoms with Crippen molar-refractivity contribution in [3.8, 4) is 5.75 Å². The molecule has 0 aliphatic heterocycles. The Morgan fingerprint density at radius 1 is 1.05 bits per heavy atom. The Hall–Kier alpha value is -2.19. The third-order valence-electron chi connectivity index (χ3n) is 2.84. The first kappa shape index (κ1) is 16.2. The number of nitrogens with one attached hydrogen (secondary N) is 1. The second kappa shape index (κ2) is 4.92. The zero-order chi connectivity index (χ0) is 16.8. The first-order chi connectivity index (χ1) is 9.97. The molecular formula is C13H9F6NO2. The van der Waals surface area contributed by atoms with Gasteiger partial charge in [0.2, 0.25) is 5.91 Å². The molecule has 1 aliphatic rings. The molecule has 1 amide bonds. The minimum Gasteiger partial charge on any atom is -0.455 e. The summed E-state index contributed by atoms with van der Waals surface area (Å²) in [6.45, 7) is 1.23. The van der Waals surface area contributed by atoms with Crippen LogP contribution in [-0.2, 0) is 4.79 Å². The second-order valence-electron chi connectivity index (χ2n) is 4.59. The molecule has 0 atom stereocenters. The highest BCUT2D eigenvalue weighted by Gasteiger charge is 2.78. The van der Waals surface area contributed by atoms with Crippen LogP contribution in [0.25, 0.3) is 0 Å². The van der Waals surface area contributed by atoms with E-state index in [1.165, 1.54) is 19.1 Å². The number of carbonyl (C=O) groups is 1. The summed E-state index contributed by atoms with van der Waals surface area (Å²) in [6, 6.07) is 4.61. The van der Waals surface area contributed by atoms with Gasteiger partial charge in [-0.15, -0.1) is 0 Å². The van der Waals surface area contributed by atoms with Crippen molar-refractivity contribution >= 4 is 11.6 Å². The first-order valence-corrected chi connectivity index (χ1v) is 5.89. The first-order valence-electron chi connectivity index (χ1n) is 5.89. The average molecular weight is 325 g/mol. The van der Waals surface area contributed by atoms with E-state index in [1.807, 2.05) is 0 Å². The fourth-order valence-corrected chi connectivity index (χ4v) is 1.74. The van der Waals surface area contributed by atoms with Gasteiger partial charge in [-0.25, -0.2) is 0 Å². The van der Waals surface area contributed by atoms with E-state index < -0.39 is 35.5 Å². The van der Waals surface area contributed by atoms with Crippen LogP contribution >= 0.6 is 0 Å². The molecule has 1 aromatic rings. The quantitative estimate of drug-likeness (QED) is 0.858. The van der Waals surface area contributed by atoms with E-state index in [9.17, 15) is 31.1 Å². The van der Waals surface area contributed by atoms with E-state index in [1.54, 1.807) is 0 Å². The van der Waals surface area contributed by atoms with Gasteiger partial charge in [0.25, 0.3) is 0 Å². The molecular weight excluding hydrogens is 316 g/mol. The van der Waals surface area contributed by atoms with E-state index in [-0.39, 0.29) is 5.75 Å². The van der Waals surface area contributed by atoms with Crippen LogP contribution < -0.4 is 10.1 Å². The van der Waals surface area contributed by atoms with E-state index in [0.717, 1.165) is 12.1 Å². The molecule has 1 aliphatic carbocycles. The molecule has 0 bridgehead atoms. The SMILES string of the molecule is CC(=O)Nc1ccc(OC2=CC(F)(F)C(F)(F)C2(F)F)cc1. The van der Waals surface area contributed by atoms with Crippen molar-refractivity contribution in [2.24, 2.45) is 0 Å². The summed E-state index contributed by atoms with van der Waals surface area (Å²) in [6.07, 6.45) is -0.589. The van der Waals surface area contributed by atoms with Gasteiger partial charge >= 0.3 is 17.8 Å². The van der Waals surface area contributed by atoms with Gasteiger partial charge in [-0.3, -0.25) is 4.79 Å². The average Bonchev–Trinajstić information content (AvgIpc) is 2.49. The smallest absolute Gasteiger partial charge is 0.383 e. The van der Waals surface area contributed by atoms with Crippen molar-refractivity contribution in [1.29, 1.82) is 0 Å². The summed E-state index contributed by atoms with van der Waals surface area (Å²) in [5, 5.41) is 2.37. The van der Waals surface area contributed by atoms with Crippen LogP contribution in [0.2, 0.25) is 0 Å². The van der Waals surface area contributed by atoms with Crippen molar-refractivity contribution in [2.45, 2.75) is 24.7 Å². The standard InChI is InChI=1S/C13H9F6NO2/c1-7(21)20-8-2-4-9(5-3-8)22-10-6-11(14,15)13(18,19)12(10,16)17/h2-6H,1H3,(H,20,21). The minimum absolute atomic E-state index is 0.294. The Morgan fingerprint density at radius 3 is 2.00 bits per heavy atom. The fraction of sp³-hybridized carbons (Fsp3) is 0.308. The molecule has 0 aromatic heterocycles. The molecule has 0 spiro atoms. The highest BCUT2D eigenvalue weighted by atomic mass is 19.3. The zero-order valence-corrected chi connectivity index (χ0v) is 11.0. The lowest BCUT2D eigenvalue weighted by atomic mass is 10.2.